The molecule has 0 unspecified atom stereocenters. The summed E-state index contributed by atoms with van der Waals surface area (Å²) in [5.74, 6) is -1.16. The number of nitrogens with one attached hydrogen (secondary N) is 2. The number of anilines is 1. The summed E-state index contributed by atoms with van der Waals surface area (Å²) in [6, 6.07) is 14.1. The molecule has 1 amide bonds. The van der Waals surface area contributed by atoms with E-state index in [1.54, 1.807) is 36.4 Å². The minimum Gasteiger partial charge on any atom is -0.481 e. The highest BCUT2D eigenvalue weighted by atomic mass is 32.1. The van der Waals surface area contributed by atoms with E-state index in [4.69, 9.17) is 17.3 Å². The molecule has 5 nitrogen and oxygen atoms in total. The number of hydrogen-bond acceptors (Lipinski definition) is 3. The number of aryl methyl sites for hydroxylation is 1. The van der Waals surface area contributed by atoms with Crippen molar-refractivity contribution < 1.29 is 14.7 Å². The molecule has 0 heterocycles. The summed E-state index contributed by atoms with van der Waals surface area (Å²) < 4.78 is 0. The summed E-state index contributed by atoms with van der Waals surface area (Å²) >= 11 is 5.12. The van der Waals surface area contributed by atoms with Crippen molar-refractivity contribution >= 4 is 34.9 Å². The molecule has 0 atom stereocenters. The fourth-order valence-electron chi connectivity index (χ4n) is 2.04. The molecule has 118 valence electrons. The van der Waals surface area contributed by atoms with Crippen LogP contribution in [-0.2, 0) is 11.2 Å². The van der Waals surface area contributed by atoms with E-state index in [1.807, 2.05) is 19.1 Å². The van der Waals surface area contributed by atoms with Gasteiger partial charge >= 0.3 is 5.97 Å². The normalized spacial score (nSPS) is 9.96. The second kappa shape index (κ2) is 7.51. The molecule has 2 aromatic rings. The summed E-state index contributed by atoms with van der Waals surface area (Å²) in [5, 5.41) is 14.4. The summed E-state index contributed by atoms with van der Waals surface area (Å²) in [4.78, 5) is 22.8. The second-order valence-electron chi connectivity index (χ2n) is 4.99. The number of carbonyl (C=O) groups excluding carboxylic acids is 1. The van der Waals surface area contributed by atoms with Crippen LogP contribution >= 0.6 is 12.2 Å². The van der Waals surface area contributed by atoms with E-state index in [9.17, 15) is 9.59 Å². The van der Waals surface area contributed by atoms with E-state index in [-0.39, 0.29) is 17.4 Å². The fraction of sp³-hybridized carbons (Fsp3) is 0.118. The van der Waals surface area contributed by atoms with Crippen molar-refractivity contribution in [1.82, 2.24) is 5.32 Å². The molecule has 23 heavy (non-hydrogen) atoms. The van der Waals surface area contributed by atoms with Crippen molar-refractivity contribution in [1.29, 1.82) is 0 Å². The number of hydrogen-bond donors (Lipinski definition) is 3. The third-order valence-electron chi connectivity index (χ3n) is 3.18. The predicted octanol–water partition coefficient (Wildman–Crippen LogP) is 2.75. The van der Waals surface area contributed by atoms with Crippen LogP contribution in [0.3, 0.4) is 0 Å². The number of carbonyl (C=O) groups is 2. The van der Waals surface area contributed by atoms with E-state index in [0.29, 0.717) is 16.8 Å². The lowest BCUT2D eigenvalue weighted by atomic mass is 10.1. The largest absolute Gasteiger partial charge is 0.481 e. The molecular formula is C17H16N2O3S. The zero-order valence-electron chi connectivity index (χ0n) is 12.5. The Labute approximate surface area is 139 Å². The average molecular weight is 328 g/mol. The number of rotatable bonds is 4. The number of benzene rings is 2. The van der Waals surface area contributed by atoms with Crippen LogP contribution in [0.15, 0.2) is 48.5 Å². The maximum absolute atomic E-state index is 12.1. The number of aliphatic carboxylic acids is 1. The Balaban J connectivity index is 1.95. The molecular weight excluding hydrogens is 312 g/mol. The van der Waals surface area contributed by atoms with Crippen LogP contribution in [0, 0.1) is 6.92 Å². The van der Waals surface area contributed by atoms with Crippen molar-refractivity contribution in [3.63, 3.8) is 0 Å². The molecule has 0 saturated carbocycles. The van der Waals surface area contributed by atoms with Gasteiger partial charge in [0, 0.05) is 11.3 Å². The molecule has 0 aliphatic rings. The first-order valence-electron chi connectivity index (χ1n) is 6.94. The highest BCUT2D eigenvalue weighted by Crippen LogP contribution is 2.11. The number of carboxylic acids is 1. The van der Waals surface area contributed by atoms with Gasteiger partial charge in [0.2, 0.25) is 0 Å². The van der Waals surface area contributed by atoms with Gasteiger partial charge in [-0.05, 0) is 48.5 Å². The highest BCUT2D eigenvalue weighted by Gasteiger charge is 2.10. The smallest absolute Gasteiger partial charge is 0.307 e. The Morgan fingerprint density at radius 1 is 1.09 bits per heavy atom. The van der Waals surface area contributed by atoms with E-state index in [0.717, 1.165) is 5.56 Å². The van der Waals surface area contributed by atoms with Crippen LogP contribution in [0.2, 0.25) is 0 Å². The zero-order valence-corrected chi connectivity index (χ0v) is 13.3. The molecule has 0 fully saturated rings. The quantitative estimate of drug-likeness (QED) is 0.752. The third kappa shape index (κ3) is 4.89. The molecule has 0 radical (unpaired) electrons. The van der Waals surface area contributed by atoms with Gasteiger partial charge in [-0.2, -0.15) is 0 Å². The van der Waals surface area contributed by atoms with Gasteiger partial charge in [0.05, 0.1) is 6.42 Å². The standard InChI is InChI=1S/C17H16N2O3S/c1-11-4-2-3-5-14(11)16(22)19-17(23)18-13-8-6-12(7-9-13)10-15(20)21/h2-9H,10H2,1H3,(H,20,21)(H2,18,19,22,23). The Morgan fingerprint density at radius 3 is 2.35 bits per heavy atom. The lowest BCUT2D eigenvalue weighted by Crippen LogP contribution is -2.34. The Hall–Kier alpha value is -2.73. The lowest BCUT2D eigenvalue weighted by molar-refractivity contribution is -0.136. The van der Waals surface area contributed by atoms with E-state index < -0.39 is 5.97 Å². The van der Waals surface area contributed by atoms with Crippen LogP contribution in [-0.4, -0.2) is 22.1 Å². The minimum absolute atomic E-state index is 0.0330. The lowest BCUT2D eigenvalue weighted by Gasteiger charge is -2.11. The first-order chi connectivity index (χ1) is 11.0. The van der Waals surface area contributed by atoms with E-state index in [1.165, 1.54) is 0 Å². The first kappa shape index (κ1) is 16.6. The maximum Gasteiger partial charge on any atom is 0.307 e. The van der Waals surface area contributed by atoms with Crippen LogP contribution in [0.25, 0.3) is 0 Å². The first-order valence-corrected chi connectivity index (χ1v) is 7.35. The molecule has 2 rings (SSSR count). The van der Waals surface area contributed by atoms with Crippen LogP contribution < -0.4 is 10.6 Å². The maximum atomic E-state index is 12.1. The van der Waals surface area contributed by atoms with Crippen molar-refractivity contribution in [2.45, 2.75) is 13.3 Å². The molecule has 0 aliphatic heterocycles. The Morgan fingerprint density at radius 2 is 1.74 bits per heavy atom. The molecule has 0 spiro atoms. The van der Waals surface area contributed by atoms with Crippen molar-refractivity contribution in [2.75, 3.05) is 5.32 Å². The molecule has 2 aromatic carbocycles. The van der Waals surface area contributed by atoms with Crippen LogP contribution in [0.4, 0.5) is 5.69 Å². The van der Waals surface area contributed by atoms with Crippen LogP contribution in [0.5, 0.6) is 0 Å². The van der Waals surface area contributed by atoms with Gasteiger partial charge in [-0.1, -0.05) is 30.3 Å². The van der Waals surface area contributed by atoms with Gasteiger partial charge in [-0.25, -0.2) is 0 Å². The van der Waals surface area contributed by atoms with Gasteiger partial charge in [0.15, 0.2) is 5.11 Å². The predicted molar refractivity (Wildman–Crippen MR) is 92.6 cm³/mol. The summed E-state index contributed by atoms with van der Waals surface area (Å²) in [6.45, 7) is 1.85. The van der Waals surface area contributed by atoms with Crippen LogP contribution in [0.1, 0.15) is 21.5 Å². The topological polar surface area (TPSA) is 78.4 Å². The van der Waals surface area contributed by atoms with E-state index in [2.05, 4.69) is 10.6 Å². The minimum atomic E-state index is -0.883. The van der Waals surface area contributed by atoms with Gasteiger partial charge in [0.1, 0.15) is 0 Å². The molecule has 6 heteroatoms. The highest BCUT2D eigenvalue weighted by molar-refractivity contribution is 7.80. The van der Waals surface area contributed by atoms with E-state index >= 15 is 0 Å². The third-order valence-corrected chi connectivity index (χ3v) is 3.39. The Bertz CT molecular complexity index is 742. The molecule has 0 saturated heterocycles. The molecule has 0 bridgehead atoms. The zero-order chi connectivity index (χ0) is 16.8. The Kier molecular flexibility index (Phi) is 5.43. The van der Waals surface area contributed by atoms with Crippen molar-refractivity contribution in [3.8, 4) is 0 Å². The van der Waals surface area contributed by atoms with Crippen molar-refractivity contribution in [3.05, 3.63) is 65.2 Å². The molecule has 3 N–H and O–H groups in total. The molecule has 0 aromatic heterocycles. The van der Waals surface area contributed by atoms with Gasteiger partial charge < -0.3 is 10.4 Å². The average Bonchev–Trinajstić information content (AvgIpc) is 2.49. The van der Waals surface area contributed by atoms with Gasteiger partial charge in [0.25, 0.3) is 5.91 Å². The summed E-state index contributed by atoms with van der Waals surface area (Å²) in [5.41, 5.74) is 2.80. The SMILES string of the molecule is Cc1ccccc1C(=O)NC(=S)Nc1ccc(CC(=O)O)cc1. The summed E-state index contributed by atoms with van der Waals surface area (Å²) in [6.07, 6.45) is -0.0330. The number of amides is 1. The number of carboxylic acid groups (broad SMARTS) is 1. The molecule has 0 aliphatic carbocycles. The fourth-order valence-corrected chi connectivity index (χ4v) is 2.25. The van der Waals surface area contributed by atoms with Gasteiger partial charge in [-0.15, -0.1) is 0 Å². The van der Waals surface area contributed by atoms with Crippen molar-refractivity contribution in [2.24, 2.45) is 0 Å². The second-order valence-corrected chi connectivity index (χ2v) is 5.40. The monoisotopic (exact) mass is 328 g/mol. The number of thiocarbonyl (C=S) groups is 1. The van der Waals surface area contributed by atoms with Gasteiger partial charge in [-0.3, -0.25) is 14.9 Å². The summed E-state index contributed by atoms with van der Waals surface area (Å²) in [7, 11) is 0.